The van der Waals surface area contributed by atoms with E-state index in [-0.39, 0.29) is 17.8 Å². The van der Waals surface area contributed by atoms with Crippen molar-refractivity contribution in [2.24, 2.45) is 5.92 Å². The van der Waals surface area contributed by atoms with Crippen LogP contribution < -0.4 is 5.32 Å². The average molecular weight is 439 g/mol. The molecule has 1 amide bonds. The summed E-state index contributed by atoms with van der Waals surface area (Å²) in [6.07, 6.45) is 3.26. The third-order valence-corrected chi connectivity index (χ3v) is 6.44. The minimum absolute atomic E-state index is 0.0913. The van der Waals surface area contributed by atoms with Crippen LogP contribution in [0.15, 0.2) is 42.0 Å². The zero-order valence-corrected chi connectivity index (χ0v) is 18.4. The summed E-state index contributed by atoms with van der Waals surface area (Å²) in [7, 11) is 0. The third kappa shape index (κ3) is 4.85. The number of ether oxygens (including phenoxy) is 1. The first-order valence-electron chi connectivity index (χ1n) is 10.6. The smallest absolute Gasteiger partial charge is 0.309 e. The molecule has 3 heterocycles. The van der Waals surface area contributed by atoms with Gasteiger partial charge in [-0.05, 0) is 25.3 Å². The molecule has 1 fully saturated rings. The van der Waals surface area contributed by atoms with Crippen molar-refractivity contribution in [1.82, 2.24) is 14.9 Å². The van der Waals surface area contributed by atoms with E-state index in [1.165, 1.54) is 0 Å². The summed E-state index contributed by atoms with van der Waals surface area (Å²) in [6, 6.07) is 10.2. The van der Waals surface area contributed by atoms with Gasteiger partial charge in [0.1, 0.15) is 17.0 Å². The number of hydrogen-bond donors (Lipinski definition) is 1. The summed E-state index contributed by atoms with van der Waals surface area (Å²) >= 11 is 1.59. The fraction of sp³-hybridized carbons (Fsp3) is 0.391. The number of aromatic nitrogens is 2. The van der Waals surface area contributed by atoms with Crippen LogP contribution in [0.3, 0.4) is 0 Å². The molecule has 162 valence electrons. The quantitative estimate of drug-likeness (QED) is 0.562. The molecule has 0 spiro atoms. The van der Waals surface area contributed by atoms with Crippen molar-refractivity contribution in [2.75, 3.05) is 31.6 Å². The molecule has 0 bridgehead atoms. The van der Waals surface area contributed by atoms with Gasteiger partial charge in [0.25, 0.3) is 0 Å². The van der Waals surface area contributed by atoms with E-state index in [0.29, 0.717) is 45.5 Å². The van der Waals surface area contributed by atoms with Gasteiger partial charge in [-0.2, -0.15) is 0 Å². The number of fused-ring (bicyclic) bond motifs is 1. The lowest BCUT2D eigenvalue weighted by Crippen LogP contribution is -2.41. The van der Waals surface area contributed by atoms with E-state index in [1.54, 1.807) is 17.7 Å². The number of likely N-dealkylation sites (tertiary alicyclic amines) is 1. The van der Waals surface area contributed by atoms with Crippen LogP contribution in [0, 0.1) is 5.92 Å². The Labute approximate surface area is 185 Å². The molecule has 1 N–H and O–H groups in total. The number of rotatable bonds is 7. The second-order valence-corrected chi connectivity index (χ2v) is 8.36. The van der Waals surface area contributed by atoms with Crippen LogP contribution in [0.5, 0.6) is 0 Å². The van der Waals surface area contributed by atoms with E-state index in [4.69, 9.17) is 4.74 Å². The molecule has 1 aliphatic rings. The number of piperidine rings is 1. The summed E-state index contributed by atoms with van der Waals surface area (Å²) in [5.74, 6) is 0.605. The van der Waals surface area contributed by atoms with Gasteiger partial charge in [-0.3, -0.25) is 9.59 Å². The molecule has 7 nitrogen and oxygen atoms in total. The minimum Gasteiger partial charge on any atom is -0.466 e. The van der Waals surface area contributed by atoms with Crippen LogP contribution in [0.2, 0.25) is 0 Å². The van der Waals surface area contributed by atoms with Crippen LogP contribution in [0.25, 0.3) is 21.3 Å². The number of nitrogens with one attached hydrogen (secondary N) is 1. The lowest BCUT2D eigenvalue weighted by Gasteiger charge is -2.31. The van der Waals surface area contributed by atoms with Crippen LogP contribution in [-0.4, -0.2) is 53.0 Å². The number of nitrogens with zero attached hydrogens (tertiary/aromatic N) is 3. The molecule has 2 aromatic heterocycles. The Kier molecular flexibility index (Phi) is 6.76. The van der Waals surface area contributed by atoms with Gasteiger partial charge in [0.2, 0.25) is 5.91 Å². The zero-order chi connectivity index (χ0) is 21.6. The Bertz CT molecular complexity index is 1050. The second-order valence-electron chi connectivity index (χ2n) is 7.50. The second kappa shape index (κ2) is 9.87. The van der Waals surface area contributed by atoms with E-state index in [2.05, 4.69) is 32.8 Å². The van der Waals surface area contributed by atoms with Gasteiger partial charge in [0, 0.05) is 37.0 Å². The van der Waals surface area contributed by atoms with Crippen molar-refractivity contribution < 1.29 is 14.3 Å². The number of carbonyl (C=O) groups excluding carboxylic acids is 2. The molecule has 1 aromatic carbocycles. The van der Waals surface area contributed by atoms with Crippen molar-refractivity contribution in [3.05, 3.63) is 42.0 Å². The summed E-state index contributed by atoms with van der Waals surface area (Å²) in [5.41, 5.74) is 2.21. The van der Waals surface area contributed by atoms with Crippen LogP contribution >= 0.6 is 11.3 Å². The molecule has 8 heteroatoms. The maximum atomic E-state index is 12.6. The highest BCUT2D eigenvalue weighted by molar-refractivity contribution is 7.17. The van der Waals surface area contributed by atoms with Gasteiger partial charge in [-0.25, -0.2) is 9.97 Å². The van der Waals surface area contributed by atoms with E-state index >= 15 is 0 Å². The fourth-order valence-corrected chi connectivity index (χ4v) is 4.83. The largest absolute Gasteiger partial charge is 0.466 e. The molecule has 31 heavy (non-hydrogen) atoms. The molecular weight excluding hydrogens is 412 g/mol. The maximum absolute atomic E-state index is 12.6. The maximum Gasteiger partial charge on any atom is 0.309 e. The Balaban J connectivity index is 1.36. The lowest BCUT2D eigenvalue weighted by atomic mass is 9.97. The number of hydrogen-bond acceptors (Lipinski definition) is 7. The number of anilines is 1. The van der Waals surface area contributed by atoms with Crippen molar-refractivity contribution in [1.29, 1.82) is 0 Å². The van der Waals surface area contributed by atoms with Crippen molar-refractivity contribution in [3.8, 4) is 11.1 Å². The zero-order valence-electron chi connectivity index (χ0n) is 17.5. The standard InChI is InChI=1S/C23H26N4O3S/c1-2-30-23(29)17-9-12-27(13-10-17)19(28)8-11-24-21-20-18(16-6-4-3-5-7-16)14-31-22(20)26-15-25-21/h3-7,14-15,17H,2,8-13H2,1H3,(H,24,25,26). The Morgan fingerprint density at radius 2 is 1.97 bits per heavy atom. The molecular formula is C23H26N4O3S. The monoisotopic (exact) mass is 438 g/mol. The first-order chi connectivity index (χ1) is 15.2. The molecule has 0 aliphatic carbocycles. The first-order valence-corrected chi connectivity index (χ1v) is 11.5. The van der Waals surface area contributed by atoms with Crippen molar-refractivity contribution >= 4 is 39.2 Å². The number of amides is 1. The Morgan fingerprint density at radius 3 is 2.71 bits per heavy atom. The highest BCUT2D eigenvalue weighted by Crippen LogP contribution is 2.36. The molecule has 0 saturated carbocycles. The summed E-state index contributed by atoms with van der Waals surface area (Å²) in [5, 5.41) is 6.41. The number of thiophene rings is 1. The molecule has 1 aliphatic heterocycles. The number of carbonyl (C=O) groups is 2. The van der Waals surface area contributed by atoms with E-state index in [9.17, 15) is 9.59 Å². The Morgan fingerprint density at radius 1 is 1.19 bits per heavy atom. The predicted molar refractivity (Wildman–Crippen MR) is 122 cm³/mol. The van der Waals surface area contributed by atoms with Crippen LogP contribution in [0.1, 0.15) is 26.2 Å². The molecule has 0 atom stereocenters. The molecule has 1 saturated heterocycles. The normalized spacial score (nSPS) is 14.5. The molecule has 0 radical (unpaired) electrons. The van der Waals surface area contributed by atoms with Gasteiger partial charge in [-0.15, -0.1) is 11.3 Å². The van der Waals surface area contributed by atoms with E-state index in [0.717, 1.165) is 27.2 Å². The molecule has 3 aromatic rings. The highest BCUT2D eigenvalue weighted by atomic mass is 32.1. The van der Waals surface area contributed by atoms with Gasteiger partial charge < -0.3 is 15.0 Å². The molecule has 0 unspecified atom stereocenters. The number of benzene rings is 1. The summed E-state index contributed by atoms with van der Waals surface area (Å²) < 4.78 is 5.10. The van der Waals surface area contributed by atoms with Gasteiger partial charge >= 0.3 is 5.97 Å². The van der Waals surface area contributed by atoms with Crippen LogP contribution in [0.4, 0.5) is 5.82 Å². The fourth-order valence-electron chi connectivity index (χ4n) is 3.91. The SMILES string of the molecule is CCOC(=O)C1CCN(C(=O)CCNc2ncnc3scc(-c4ccccc4)c23)CC1. The molecule has 4 rings (SSSR count). The van der Waals surface area contributed by atoms with Gasteiger partial charge in [-0.1, -0.05) is 30.3 Å². The van der Waals surface area contributed by atoms with Crippen molar-refractivity contribution in [3.63, 3.8) is 0 Å². The lowest BCUT2D eigenvalue weighted by molar-refractivity contribution is -0.151. The summed E-state index contributed by atoms with van der Waals surface area (Å²) in [4.78, 5) is 36.1. The van der Waals surface area contributed by atoms with Gasteiger partial charge in [0.05, 0.1) is 17.9 Å². The number of esters is 1. The van der Waals surface area contributed by atoms with E-state index in [1.807, 2.05) is 30.0 Å². The Hall–Kier alpha value is -3.00. The van der Waals surface area contributed by atoms with E-state index < -0.39 is 0 Å². The highest BCUT2D eigenvalue weighted by Gasteiger charge is 2.28. The third-order valence-electron chi connectivity index (χ3n) is 5.55. The van der Waals surface area contributed by atoms with Crippen LogP contribution in [-0.2, 0) is 14.3 Å². The minimum atomic E-state index is -0.144. The summed E-state index contributed by atoms with van der Waals surface area (Å²) in [6.45, 7) is 3.91. The average Bonchev–Trinajstić information content (AvgIpc) is 3.25. The predicted octanol–water partition coefficient (Wildman–Crippen LogP) is 3.96. The first kappa shape index (κ1) is 21.2. The topological polar surface area (TPSA) is 84.4 Å². The van der Waals surface area contributed by atoms with Gasteiger partial charge in [0.15, 0.2) is 0 Å². The van der Waals surface area contributed by atoms with Crippen molar-refractivity contribution in [2.45, 2.75) is 26.2 Å².